The Morgan fingerprint density at radius 3 is 2.60 bits per heavy atom. The molecule has 0 saturated heterocycles. The molecule has 1 atom stereocenters. The number of halogens is 1. The van der Waals surface area contributed by atoms with Crippen molar-refractivity contribution in [2.24, 2.45) is 5.92 Å². The number of rotatable bonds is 6. The molecule has 0 aliphatic rings. The largest absolute Gasteiger partial charge is 0.467 e. The number of methoxy groups -OCH3 is 1. The summed E-state index contributed by atoms with van der Waals surface area (Å²) in [6.07, 6.45) is 0.807. The average Bonchev–Trinajstić information content (AvgIpc) is 2.36. The monoisotopic (exact) mass is 341 g/mol. The van der Waals surface area contributed by atoms with Gasteiger partial charge in [-0.15, -0.1) is 0 Å². The van der Waals surface area contributed by atoms with Crippen molar-refractivity contribution < 1.29 is 14.3 Å². The van der Waals surface area contributed by atoms with E-state index in [-0.39, 0.29) is 12.3 Å². The highest BCUT2D eigenvalue weighted by molar-refractivity contribution is 9.10. The van der Waals surface area contributed by atoms with Crippen LogP contribution in [0.3, 0.4) is 0 Å². The Morgan fingerprint density at radius 1 is 1.35 bits per heavy atom. The van der Waals surface area contributed by atoms with E-state index >= 15 is 0 Å². The predicted octanol–water partition coefficient (Wildman–Crippen LogP) is 2.70. The topological polar surface area (TPSA) is 55.4 Å². The first-order valence-corrected chi connectivity index (χ1v) is 7.33. The lowest BCUT2D eigenvalue weighted by molar-refractivity contribution is -0.145. The van der Waals surface area contributed by atoms with Crippen LogP contribution in [0.15, 0.2) is 28.7 Å². The molecular weight excluding hydrogens is 322 g/mol. The molecule has 1 aromatic rings. The van der Waals surface area contributed by atoms with E-state index in [9.17, 15) is 9.59 Å². The number of hydrogen-bond donors (Lipinski definition) is 1. The van der Waals surface area contributed by atoms with E-state index in [1.165, 1.54) is 7.11 Å². The number of benzene rings is 1. The van der Waals surface area contributed by atoms with Crippen LogP contribution in [0.5, 0.6) is 0 Å². The third-order valence-electron chi connectivity index (χ3n) is 2.78. The minimum Gasteiger partial charge on any atom is -0.467 e. The molecule has 0 bridgehead atoms. The van der Waals surface area contributed by atoms with Gasteiger partial charge in [-0.25, -0.2) is 4.79 Å². The Labute approximate surface area is 128 Å². The maximum Gasteiger partial charge on any atom is 0.328 e. The van der Waals surface area contributed by atoms with Crippen molar-refractivity contribution in [2.75, 3.05) is 7.11 Å². The van der Waals surface area contributed by atoms with Crippen LogP contribution in [0, 0.1) is 5.92 Å². The highest BCUT2D eigenvalue weighted by atomic mass is 79.9. The Kier molecular flexibility index (Phi) is 6.71. The number of hydrogen-bond acceptors (Lipinski definition) is 3. The van der Waals surface area contributed by atoms with Gasteiger partial charge in [0.15, 0.2) is 0 Å². The normalized spacial score (nSPS) is 12.1. The summed E-state index contributed by atoms with van der Waals surface area (Å²) in [5.74, 6) is -0.286. The van der Waals surface area contributed by atoms with Gasteiger partial charge in [-0.1, -0.05) is 41.9 Å². The summed E-state index contributed by atoms with van der Waals surface area (Å²) >= 11 is 3.36. The van der Waals surface area contributed by atoms with Gasteiger partial charge in [-0.2, -0.15) is 0 Å². The molecule has 1 amide bonds. The lowest BCUT2D eigenvalue weighted by Gasteiger charge is -2.18. The first kappa shape index (κ1) is 16.7. The van der Waals surface area contributed by atoms with E-state index in [4.69, 9.17) is 4.74 Å². The van der Waals surface area contributed by atoms with Gasteiger partial charge in [0.1, 0.15) is 6.04 Å². The Hall–Kier alpha value is -1.36. The molecule has 0 spiro atoms. The summed E-state index contributed by atoms with van der Waals surface area (Å²) < 4.78 is 5.65. The summed E-state index contributed by atoms with van der Waals surface area (Å²) in [5.41, 5.74) is 0.894. The van der Waals surface area contributed by atoms with Crippen molar-refractivity contribution in [3.05, 3.63) is 34.3 Å². The molecule has 1 rings (SSSR count). The predicted molar refractivity (Wildman–Crippen MR) is 81.2 cm³/mol. The zero-order valence-electron chi connectivity index (χ0n) is 12.0. The summed E-state index contributed by atoms with van der Waals surface area (Å²) in [7, 11) is 1.33. The zero-order chi connectivity index (χ0) is 15.1. The van der Waals surface area contributed by atoms with Crippen LogP contribution in [0.25, 0.3) is 0 Å². The molecule has 1 N–H and O–H groups in total. The fraction of sp³-hybridized carbons (Fsp3) is 0.467. The van der Waals surface area contributed by atoms with Gasteiger partial charge in [0.05, 0.1) is 13.5 Å². The summed E-state index contributed by atoms with van der Waals surface area (Å²) in [6, 6.07) is 6.95. The molecule has 1 unspecified atom stereocenters. The van der Waals surface area contributed by atoms with Gasteiger partial charge in [0.2, 0.25) is 5.91 Å². The first-order chi connectivity index (χ1) is 9.42. The van der Waals surface area contributed by atoms with Crippen molar-refractivity contribution in [3.63, 3.8) is 0 Å². The van der Waals surface area contributed by atoms with E-state index in [0.29, 0.717) is 12.3 Å². The minimum atomic E-state index is -0.584. The SMILES string of the molecule is COC(=O)C(CC(C)C)NC(=O)Cc1cccc(Br)c1. The second-order valence-electron chi connectivity index (χ2n) is 5.08. The average molecular weight is 342 g/mol. The molecule has 20 heavy (non-hydrogen) atoms. The van der Waals surface area contributed by atoms with E-state index in [1.54, 1.807) is 0 Å². The summed E-state index contributed by atoms with van der Waals surface area (Å²) in [5, 5.41) is 2.74. The Bertz CT molecular complexity index is 474. The number of carbonyl (C=O) groups is 2. The van der Waals surface area contributed by atoms with Crippen LogP contribution in [0.2, 0.25) is 0 Å². The Balaban J connectivity index is 2.64. The number of amides is 1. The van der Waals surface area contributed by atoms with Crippen LogP contribution in [-0.2, 0) is 20.7 Å². The van der Waals surface area contributed by atoms with Gasteiger partial charge in [-0.3, -0.25) is 4.79 Å². The fourth-order valence-electron chi connectivity index (χ4n) is 1.91. The Morgan fingerprint density at radius 2 is 2.05 bits per heavy atom. The number of esters is 1. The van der Waals surface area contributed by atoms with Crippen LogP contribution in [0.1, 0.15) is 25.8 Å². The van der Waals surface area contributed by atoms with Crippen molar-refractivity contribution in [1.82, 2.24) is 5.32 Å². The second-order valence-corrected chi connectivity index (χ2v) is 6.00. The van der Waals surface area contributed by atoms with Gasteiger partial charge in [-0.05, 0) is 30.0 Å². The lowest BCUT2D eigenvalue weighted by Crippen LogP contribution is -2.43. The summed E-state index contributed by atoms with van der Waals surface area (Å²) in [4.78, 5) is 23.6. The van der Waals surface area contributed by atoms with Crippen molar-refractivity contribution in [3.8, 4) is 0 Å². The van der Waals surface area contributed by atoms with Crippen molar-refractivity contribution >= 4 is 27.8 Å². The number of ether oxygens (including phenoxy) is 1. The van der Waals surface area contributed by atoms with Gasteiger partial charge in [0, 0.05) is 4.47 Å². The second kappa shape index (κ2) is 8.04. The fourth-order valence-corrected chi connectivity index (χ4v) is 2.35. The van der Waals surface area contributed by atoms with Gasteiger partial charge in [0.25, 0.3) is 0 Å². The number of carbonyl (C=O) groups excluding carboxylic acids is 2. The molecule has 110 valence electrons. The van der Waals surface area contributed by atoms with Gasteiger partial charge >= 0.3 is 5.97 Å². The first-order valence-electron chi connectivity index (χ1n) is 6.54. The third-order valence-corrected chi connectivity index (χ3v) is 3.27. The van der Waals surface area contributed by atoms with E-state index < -0.39 is 12.0 Å². The quantitative estimate of drug-likeness (QED) is 0.809. The molecule has 5 heteroatoms. The van der Waals surface area contributed by atoms with Crippen LogP contribution < -0.4 is 5.32 Å². The molecule has 0 saturated carbocycles. The molecular formula is C15H20BrNO3. The molecule has 1 aromatic carbocycles. The lowest BCUT2D eigenvalue weighted by atomic mass is 10.0. The molecule has 0 aliphatic heterocycles. The molecule has 0 aliphatic carbocycles. The third kappa shape index (κ3) is 5.74. The van der Waals surface area contributed by atoms with Crippen LogP contribution >= 0.6 is 15.9 Å². The summed E-state index contributed by atoms with van der Waals surface area (Å²) in [6.45, 7) is 3.99. The maximum absolute atomic E-state index is 12.0. The molecule has 0 fully saturated rings. The maximum atomic E-state index is 12.0. The van der Waals surface area contributed by atoms with E-state index in [1.807, 2.05) is 38.1 Å². The molecule has 0 heterocycles. The molecule has 0 radical (unpaired) electrons. The number of nitrogens with one attached hydrogen (secondary N) is 1. The highest BCUT2D eigenvalue weighted by Crippen LogP contribution is 2.12. The van der Waals surface area contributed by atoms with Crippen molar-refractivity contribution in [2.45, 2.75) is 32.7 Å². The van der Waals surface area contributed by atoms with Crippen LogP contribution in [0.4, 0.5) is 0 Å². The van der Waals surface area contributed by atoms with Crippen LogP contribution in [-0.4, -0.2) is 25.0 Å². The zero-order valence-corrected chi connectivity index (χ0v) is 13.6. The standard InChI is InChI=1S/C15H20BrNO3/c1-10(2)7-13(15(19)20-3)17-14(18)9-11-5-4-6-12(16)8-11/h4-6,8,10,13H,7,9H2,1-3H3,(H,17,18). The molecule has 0 aromatic heterocycles. The highest BCUT2D eigenvalue weighted by Gasteiger charge is 2.22. The molecule has 4 nitrogen and oxygen atoms in total. The van der Waals surface area contributed by atoms with Gasteiger partial charge < -0.3 is 10.1 Å². The van der Waals surface area contributed by atoms with E-state index in [2.05, 4.69) is 21.2 Å². The van der Waals surface area contributed by atoms with Crippen molar-refractivity contribution in [1.29, 1.82) is 0 Å². The van der Waals surface area contributed by atoms with E-state index in [0.717, 1.165) is 10.0 Å². The smallest absolute Gasteiger partial charge is 0.328 e. The minimum absolute atomic E-state index is 0.181.